The predicted octanol–water partition coefficient (Wildman–Crippen LogP) is 4.33. The molecule has 0 saturated carbocycles. The number of nitrogens with zero attached hydrogens (tertiary/aromatic N) is 3. The Morgan fingerprint density at radius 1 is 1.07 bits per heavy atom. The smallest absolute Gasteiger partial charge is 0.337 e. The van der Waals surface area contributed by atoms with E-state index in [1.54, 1.807) is 58.4 Å². The number of amides is 2. The first kappa shape index (κ1) is 25.1. The Hall–Kier alpha value is -5.25. The lowest BCUT2D eigenvalue weighted by molar-refractivity contribution is -0.119. The molecule has 0 spiro atoms. The summed E-state index contributed by atoms with van der Waals surface area (Å²) in [7, 11) is 1.29. The third-order valence-corrected chi connectivity index (χ3v) is 6.97. The zero-order chi connectivity index (χ0) is 27.8. The van der Waals surface area contributed by atoms with E-state index >= 15 is 0 Å². The molecule has 2 amide bonds. The molecule has 4 aromatic rings. The predicted molar refractivity (Wildman–Crippen MR) is 148 cm³/mol. The number of esters is 1. The van der Waals surface area contributed by atoms with Gasteiger partial charge in [-0.25, -0.2) is 9.18 Å². The van der Waals surface area contributed by atoms with Crippen LogP contribution >= 0.6 is 0 Å². The zero-order valence-electron chi connectivity index (χ0n) is 21.5. The van der Waals surface area contributed by atoms with Gasteiger partial charge in [-0.1, -0.05) is 6.07 Å². The van der Waals surface area contributed by atoms with Gasteiger partial charge in [0, 0.05) is 35.9 Å². The lowest BCUT2D eigenvalue weighted by Gasteiger charge is -2.19. The Bertz CT molecular complexity index is 1680. The number of rotatable bonds is 6. The van der Waals surface area contributed by atoms with Gasteiger partial charge in [0.15, 0.2) is 0 Å². The van der Waals surface area contributed by atoms with E-state index in [1.165, 1.54) is 19.2 Å². The molecule has 10 heteroatoms. The van der Waals surface area contributed by atoms with Crippen LogP contribution in [0.3, 0.4) is 0 Å². The summed E-state index contributed by atoms with van der Waals surface area (Å²) >= 11 is 0. The molecule has 1 aromatic heterocycles. The number of hydrogen-bond acceptors (Lipinski definition) is 6. The summed E-state index contributed by atoms with van der Waals surface area (Å²) in [6.07, 6.45) is 4.06. The summed E-state index contributed by atoms with van der Waals surface area (Å²) in [6, 6.07) is 18.2. The standard InChI is InChI=1S/C30H24FN5O4/c1-40-30(39)20-5-9-23-24(16-20)34-29(38)27(23)28(18-3-6-21(31)7-4-18)33-22-8-10-25-19(15-22)11-14-36(25)26(37)17-35-13-2-12-32-35/h2-10,12-13,15-16,33H,11,14,17H2,1H3,(H,34,38)/b28-27-. The molecule has 3 aromatic carbocycles. The molecular formula is C30H24FN5O4. The fraction of sp³-hybridized carbons (Fsp3) is 0.133. The average Bonchev–Trinajstić information content (AvgIpc) is 3.69. The van der Waals surface area contributed by atoms with Crippen LogP contribution in [0.25, 0.3) is 11.3 Å². The number of carbonyl (C=O) groups excluding carboxylic acids is 3. The molecule has 0 radical (unpaired) electrons. The highest BCUT2D eigenvalue weighted by atomic mass is 19.1. The van der Waals surface area contributed by atoms with Gasteiger partial charge in [-0.2, -0.15) is 5.10 Å². The lowest BCUT2D eigenvalue weighted by atomic mass is 9.98. The second-order valence-electron chi connectivity index (χ2n) is 9.43. The summed E-state index contributed by atoms with van der Waals surface area (Å²) in [5.41, 5.74) is 5.35. The average molecular weight is 538 g/mol. The van der Waals surface area contributed by atoms with Crippen molar-refractivity contribution in [1.82, 2.24) is 9.78 Å². The molecule has 0 unspecified atom stereocenters. The molecule has 0 atom stereocenters. The third-order valence-electron chi connectivity index (χ3n) is 6.97. The minimum atomic E-state index is -0.512. The molecule has 2 aliphatic rings. The number of halogens is 1. The number of hydrogen-bond donors (Lipinski definition) is 2. The number of methoxy groups -OCH3 is 1. The van der Waals surface area contributed by atoms with Gasteiger partial charge in [-0.15, -0.1) is 0 Å². The summed E-state index contributed by atoms with van der Waals surface area (Å²) in [4.78, 5) is 39.9. The number of aromatic nitrogens is 2. The van der Waals surface area contributed by atoms with Crippen LogP contribution in [-0.4, -0.2) is 41.2 Å². The highest BCUT2D eigenvalue weighted by molar-refractivity contribution is 6.37. The van der Waals surface area contributed by atoms with Gasteiger partial charge < -0.3 is 20.3 Å². The fourth-order valence-electron chi connectivity index (χ4n) is 5.06. The molecule has 0 bridgehead atoms. The molecule has 9 nitrogen and oxygen atoms in total. The van der Waals surface area contributed by atoms with Gasteiger partial charge in [0.1, 0.15) is 12.4 Å². The maximum atomic E-state index is 13.8. The van der Waals surface area contributed by atoms with Crippen LogP contribution in [0.15, 0.2) is 79.1 Å². The highest BCUT2D eigenvalue weighted by Gasteiger charge is 2.30. The van der Waals surface area contributed by atoms with Crippen LogP contribution in [0.1, 0.15) is 27.0 Å². The SMILES string of the molecule is COC(=O)c1ccc2c(c1)NC(=O)/C2=C(\Nc1ccc2c(c1)CCN2C(=O)Cn1cccn1)c1ccc(F)cc1. The van der Waals surface area contributed by atoms with Crippen molar-refractivity contribution in [2.24, 2.45) is 0 Å². The first-order valence-corrected chi connectivity index (χ1v) is 12.6. The largest absolute Gasteiger partial charge is 0.465 e. The third kappa shape index (κ3) is 4.60. The second kappa shape index (κ2) is 10.1. The van der Waals surface area contributed by atoms with Crippen LogP contribution < -0.4 is 15.5 Å². The minimum Gasteiger partial charge on any atom is -0.465 e. The molecule has 40 heavy (non-hydrogen) atoms. The highest BCUT2D eigenvalue weighted by Crippen LogP contribution is 2.39. The van der Waals surface area contributed by atoms with Crippen molar-refractivity contribution in [1.29, 1.82) is 0 Å². The summed E-state index contributed by atoms with van der Waals surface area (Å²) < 4.78 is 20.2. The number of anilines is 3. The van der Waals surface area contributed by atoms with Crippen molar-refractivity contribution in [3.63, 3.8) is 0 Å². The quantitative estimate of drug-likeness (QED) is 0.280. The number of nitrogens with one attached hydrogen (secondary N) is 2. The lowest BCUT2D eigenvalue weighted by Crippen LogP contribution is -2.32. The van der Waals surface area contributed by atoms with E-state index in [-0.39, 0.29) is 18.4 Å². The first-order valence-electron chi connectivity index (χ1n) is 12.6. The van der Waals surface area contributed by atoms with Gasteiger partial charge in [-0.05, 0) is 78.2 Å². The number of benzene rings is 3. The van der Waals surface area contributed by atoms with Crippen molar-refractivity contribution < 1.29 is 23.5 Å². The molecule has 2 aliphatic heterocycles. The van der Waals surface area contributed by atoms with E-state index in [1.807, 2.05) is 18.2 Å². The molecular weight excluding hydrogens is 513 g/mol. The monoisotopic (exact) mass is 537 g/mol. The zero-order valence-corrected chi connectivity index (χ0v) is 21.5. The van der Waals surface area contributed by atoms with E-state index in [4.69, 9.17) is 4.74 Å². The molecule has 200 valence electrons. The van der Waals surface area contributed by atoms with E-state index in [2.05, 4.69) is 15.7 Å². The Balaban J connectivity index is 1.36. The Morgan fingerprint density at radius 2 is 1.88 bits per heavy atom. The van der Waals surface area contributed by atoms with E-state index in [9.17, 15) is 18.8 Å². The fourth-order valence-corrected chi connectivity index (χ4v) is 5.06. The molecule has 0 aliphatic carbocycles. The van der Waals surface area contributed by atoms with E-state index in [0.717, 1.165) is 11.3 Å². The van der Waals surface area contributed by atoms with E-state index in [0.29, 0.717) is 52.3 Å². The Kier molecular flexibility index (Phi) is 6.35. The van der Waals surface area contributed by atoms with Crippen molar-refractivity contribution >= 4 is 46.1 Å². The van der Waals surface area contributed by atoms with Crippen LogP contribution in [-0.2, 0) is 27.3 Å². The van der Waals surface area contributed by atoms with Crippen molar-refractivity contribution in [2.45, 2.75) is 13.0 Å². The van der Waals surface area contributed by atoms with Crippen molar-refractivity contribution in [3.05, 3.63) is 107 Å². The van der Waals surface area contributed by atoms with Gasteiger partial charge in [0.2, 0.25) is 5.91 Å². The van der Waals surface area contributed by atoms with Crippen LogP contribution in [0.4, 0.5) is 21.5 Å². The van der Waals surface area contributed by atoms with Crippen molar-refractivity contribution in [2.75, 3.05) is 29.2 Å². The van der Waals surface area contributed by atoms with Gasteiger partial charge in [-0.3, -0.25) is 14.3 Å². The maximum absolute atomic E-state index is 13.8. The molecule has 6 rings (SSSR count). The summed E-state index contributed by atoms with van der Waals surface area (Å²) in [5, 5.41) is 10.3. The number of fused-ring (bicyclic) bond motifs is 2. The van der Waals surface area contributed by atoms with Crippen LogP contribution in [0, 0.1) is 5.82 Å². The Labute approximate surface area is 228 Å². The molecule has 0 saturated heterocycles. The van der Waals surface area contributed by atoms with E-state index < -0.39 is 11.8 Å². The normalized spacial score (nSPS) is 14.8. The topological polar surface area (TPSA) is 106 Å². The van der Waals surface area contributed by atoms with Crippen molar-refractivity contribution in [3.8, 4) is 0 Å². The first-order chi connectivity index (χ1) is 19.4. The summed E-state index contributed by atoms with van der Waals surface area (Å²) in [5.74, 6) is -1.32. The molecule has 2 N–H and O–H groups in total. The maximum Gasteiger partial charge on any atom is 0.337 e. The molecule has 0 fully saturated rings. The second-order valence-corrected chi connectivity index (χ2v) is 9.43. The number of ether oxygens (including phenoxy) is 1. The molecule has 3 heterocycles. The van der Waals surface area contributed by atoms with Crippen LogP contribution in [0.5, 0.6) is 0 Å². The number of carbonyl (C=O) groups is 3. The minimum absolute atomic E-state index is 0.0529. The van der Waals surface area contributed by atoms with Gasteiger partial charge >= 0.3 is 5.97 Å². The van der Waals surface area contributed by atoms with Crippen LogP contribution in [0.2, 0.25) is 0 Å². The summed E-state index contributed by atoms with van der Waals surface area (Å²) in [6.45, 7) is 0.711. The van der Waals surface area contributed by atoms with Gasteiger partial charge in [0.25, 0.3) is 5.91 Å². The Morgan fingerprint density at radius 3 is 2.62 bits per heavy atom. The van der Waals surface area contributed by atoms with Gasteiger partial charge in [0.05, 0.1) is 29.6 Å².